The average Bonchev–Trinajstić information content (AvgIpc) is 2.34. The number of hydrogen-bond donors (Lipinski definition) is 2. The highest BCUT2D eigenvalue weighted by Gasteiger charge is 2.08. The molecule has 1 aromatic heterocycles. The molecule has 10 heavy (non-hydrogen) atoms. The highest BCUT2D eigenvalue weighted by Crippen LogP contribution is 1.94. The molecule has 1 aromatic rings. The lowest BCUT2D eigenvalue weighted by molar-refractivity contribution is 0.0987. The van der Waals surface area contributed by atoms with E-state index in [1.54, 1.807) is 0 Å². The van der Waals surface area contributed by atoms with E-state index in [-0.39, 0.29) is 18.3 Å². The van der Waals surface area contributed by atoms with Crippen LogP contribution in [-0.2, 0) is 6.61 Å². The molecule has 6 nitrogen and oxygen atoms in total. The zero-order valence-electron chi connectivity index (χ0n) is 4.94. The van der Waals surface area contributed by atoms with Gasteiger partial charge in [-0.05, 0) is 0 Å². The van der Waals surface area contributed by atoms with Gasteiger partial charge >= 0.3 is 0 Å². The fraction of sp³-hybridized carbons (Fsp3) is 0.250. The van der Waals surface area contributed by atoms with Crippen molar-refractivity contribution in [2.45, 2.75) is 6.61 Å². The van der Waals surface area contributed by atoms with Gasteiger partial charge in [0.1, 0.15) is 6.61 Å². The zero-order chi connectivity index (χ0) is 7.56. The molecule has 1 heterocycles. The molecule has 0 bridgehead atoms. The predicted octanol–water partition coefficient (Wildman–Crippen LogP) is -1.34. The standard InChI is InChI=1S/C4H5N3O3/c5-3(9)4-6-2(1-8)10-7-4/h8H,1H2,(H2,5,9). The highest BCUT2D eigenvalue weighted by atomic mass is 16.5. The van der Waals surface area contributed by atoms with E-state index in [1.807, 2.05) is 0 Å². The first-order valence-corrected chi connectivity index (χ1v) is 2.47. The minimum atomic E-state index is -0.775. The fourth-order valence-corrected chi connectivity index (χ4v) is 0.419. The van der Waals surface area contributed by atoms with Crippen LogP contribution in [0.5, 0.6) is 0 Å². The monoisotopic (exact) mass is 143 g/mol. The van der Waals surface area contributed by atoms with Crippen molar-refractivity contribution < 1.29 is 14.4 Å². The van der Waals surface area contributed by atoms with Crippen molar-refractivity contribution in [2.24, 2.45) is 5.73 Å². The van der Waals surface area contributed by atoms with Crippen LogP contribution >= 0.6 is 0 Å². The largest absolute Gasteiger partial charge is 0.387 e. The molecule has 6 heteroatoms. The van der Waals surface area contributed by atoms with E-state index in [0.29, 0.717) is 0 Å². The van der Waals surface area contributed by atoms with Gasteiger partial charge in [0, 0.05) is 0 Å². The molecule has 0 aliphatic rings. The number of amides is 1. The maximum atomic E-state index is 10.3. The summed E-state index contributed by atoms with van der Waals surface area (Å²) in [7, 11) is 0. The third-order valence-corrected chi connectivity index (χ3v) is 0.824. The van der Waals surface area contributed by atoms with Gasteiger partial charge in [-0.15, -0.1) is 0 Å². The summed E-state index contributed by atoms with van der Waals surface area (Å²) in [6.45, 7) is -0.389. The number of aliphatic hydroxyl groups excluding tert-OH is 1. The van der Waals surface area contributed by atoms with Crippen molar-refractivity contribution >= 4 is 5.91 Å². The molecule has 0 atom stereocenters. The molecule has 0 saturated heterocycles. The Hall–Kier alpha value is -1.43. The van der Waals surface area contributed by atoms with Crippen LogP contribution in [-0.4, -0.2) is 21.2 Å². The quantitative estimate of drug-likeness (QED) is 0.533. The Balaban J connectivity index is 2.88. The summed E-state index contributed by atoms with van der Waals surface area (Å²) in [4.78, 5) is 13.7. The molecule has 0 spiro atoms. The lowest BCUT2D eigenvalue weighted by Crippen LogP contribution is -2.12. The SMILES string of the molecule is NC(=O)c1noc(CO)n1. The van der Waals surface area contributed by atoms with E-state index in [0.717, 1.165) is 0 Å². The minimum Gasteiger partial charge on any atom is -0.387 e. The maximum absolute atomic E-state index is 10.3. The molecule has 1 amide bonds. The summed E-state index contributed by atoms with van der Waals surface area (Å²) in [5.41, 5.74) is 4.78. The van der Waals surface area contributed by atoms with Gasteiger partial charge in [0.25, 0.3) is 17.6 Å². The molecule has 54 valence electrons. The molecule has 3 N–H and O–H groups in total. The predicted molar refractivity (Wildman–Crippen MR) is 28.7 cm³/mol. The van der Waals surface area contributed by atoms with Gasteiger partial charge in [0.15, 0.2) is 0 Å². The molecule has 0 unspecified atom stereocenters. The van der Waals surface area contributed by atoms with Crippen molar-refractivity contribution in [1.29, 1.82) is 0 Å². The first-order valence-electron chi connectivity index (χ1n) is 2.47. The Morgan fingerprint density at radius 3 is 2.80 bits per heavy atom. The van der Waals surface area contributed by atoms with Crippen LogP contribution in [0.1, 0.15) is 16.5 Å². The average molecular weight is 143 g/mol. The molecule has 0 aromatic carbocycles. The van der Waals surface area contributed by atoms with Gasteiger partial charge in [-0.25, -0.2) is 0 Å². The number of aliphatic hydroxyl groups is 1. The van der Waals surface area contributed by atoms with Crippen molar-refractivity contribution in [3.63, 3.8) is 0 Å². The molecular weight excluding hydrogens is 138 g/mol. The van der Waals surface area contributed by atoms with Crippen molar-refractivity contribution in [1.82, 2.24) is 10.1 Å². The van der Waals surface area contributed by atoms with E-state index in [9.17, 15) is 4.79 Å². The molecule has 1 rings (SSSR count). The Morgan fingerprint density at radius 2 is 2.50 bits per heavy atom. The second-order valence-electron chi connectivity index (χ2n) is 1.53. The number of primary amides is 1. The van der Waals surface area contributed by atoms with E-state index in [4.69, 9.17) is 10.8 Å². The van der Waals surface area contributed by atoms with Crippen LogP contribution in [0.3, 0.4) is 0 Å². The smallest absolute Gasteiger partial charge is 0.290 e. The van der Waals surface area contributed by atoms with E-state index >= 15 is 0 Å². The number of hydrogen-bond acceptors (Lipinski definition) is 5. The minimum absolute atomic E-state index is 0.0196. The van der Waals surface area contributed by atoms with Gasteiger partial charge in [0.2, 0.25) is 0 Å². The highest BCUT2D eigenvalue weighted by molar-refractivity contribution is 5.88. The van der Waals surface area contributed by atoms with E-state index < -0.39 is 5.91 Å². The Bertz CT molecular complexity index is 244. The number of rotatable bonds is 2. The number of aromatic nitrogens is 2. The van der Waals surface area contributed by atoms with Gasteiger partial charge < -0.3 is 15.4 Å². The Morgan fingerprint density at radius 1 is 1.80 bits per heavy atom. The Kier molecular flexibility index (Phi) is 1.63. The summed E-state index contributed by atoms with van der Waals surface area (Å²) < 4.78 is 4.36. The fourth-order valence-electron chi connectivity index (χ4n) is 0.419. The number of carbonyl (C=O) groups excluding carboxylic acids is 1. The molecule has 0 aliphatic carbocycles. The zero-order valence-corrected chi connectivity index (χ0v) is 4.94. The third-order valence-electron chi connectivity index (χ3n) is 0.824. The molecule has 0 fully saturated rings. The van der Waals surface area contributed by atoms with E-state index in [1.165, 1.54) is 0 Å². The summed E-state index contributed by atoms with van der Waals surface area (Å²) >= 11 is 0. The first kappa shape index (κ1) is 6.69. The number of carbonyl (C=O) groups is 1. The number of nitrogens with two attached hydrogens (primary N) is 1. The molecular formula is C4H5N3O3. The molecule has 0 saturated carbocycles. The summed E-state index contributed by atoms with van der Waals surface area (Å²) in [5, 5.41) is 11.6. The van der Waals surface area contributed by atoms with Crippen molar-refractivity contribution in [2.75, 3.05) is 0 Å². The van der Waals surface area contributed by atoms with Gasteiger partial charge in [0.05, 0.1) is 0 Å². The van der Waals surface area contributed by atoms with Crippen LogP contribution in [0.2, 0.25) is 0 Å². The lowest BCUT2D eigenvalue weighted by Gasteiger charge is -1.77. The van der Waals surface area contributed by atoms with Crippen LogP contribution in [0.4, 0.5) is 0 Å². The maximum Gasteiger partial charge on any atom is 0.290 e. The second kappa shape index (κ2) is 2.44. The summed E-state index contributed by atoms with van der Waals surface area (Å²) in [6, 6.07) is 0. The van der Waals surface area contributed by atoms with Crippen LogP contribution < -0.4 is 5.73 Å². The van der Waals surface area contributed by atoms with Gasteiger partial charge in [-0.3, -0.25) is 4.79 Å². The molecule has 0 aliphatic heterocycles. The van der Waals surface area contributed by atoms with Crippen LogP contribution in [0.15, 0.2) is 4.52 Å². The normalized spacial score (nSPS) is 9.70. The summed E-state index contributed by atoms with van der Waals surface area (Å²) in [5.74, 6) is -1.01. The van der Waals surface area contributed by atoms with Crippen molar-refractivity contribution in [3.05, 3.63) is 11.7 Å². The van der Waals surface area contributed by atoms with Crippen molar-refractivity contribution in [3.8, 4) is 0 Å². The third kappa shape index (κ3) is 1.11. The number of nitrogens with zero attached hydrogens (tertiary/aromatic N) is 2. The van der Waals surface area contributed by atoms with Gasteiger partial charge in [-0.2, -0.15) is 4.98 Å². The van der Waals surface area contributed by atoms with Crippen LogP contribution in [0.25, 0.3) is 0 Å². The summed E-state index contributed by atoms with van der Waals surface area (Å²) in [6.07, 6.45) is 0. The topological polar surface area (TPSA) is 102 Å². The van der Waals surface area contributed by atoms with E-state index in [2.05, 4.69) is 14.7 Å². The van der Waals surface area contributed by atoms with Gasteiger partial charge in [-0.1, -0.05) is 5.16 Å². The Labute approximate surface area is 55.6 Å². The molecule has 0 radical (unpaired) electrons. The lowest BCUT2D eigenvalue weighted by atomic mass is 10.6. The van der Waals surface area contributed by atoms with Crippen LogP contribution in [0, 0.1) is 0 Å². The second-order valence-corrected chi connectivity index (χ2v) is 1.53. The first-order chi connectivity index (χ1) is 4.74.